The molecule has 3 nitrogen and oxygen atoms in total. The maximum absolute atomic E-state index is 10.7. The van der Waals surface area contributed by atoms with Gasteiger partial charge in [-0.15, -0.1) is 0 Å². The van der Waals surface area contributed by atoms with E-state index < -0.39 is 5.97 Å². The molecule has 0 aliphatic rings. The second-order valence-corrected chi connectivity index (χ2v) is 3.03. The zero-order valence-corrected chi connectivity index (χ0v) is 8.04. The summed E-state index contributed by atoms with van der Waals surface area (Å²) in [7, 11) is 1.55. The molecule has 0 aliphatic carbocycles. The number of carbonyl (C=O) groups is 1. The number of ether oxygens (including phenoxy) is 1. The summed E-state index contributed by atoms with van der Waals surface area (Å²) in [4.78, 5) is 10.7. The fourth-order valence-corrected chi connectivity index (χ4v) is 1.15. The molecule has 0 fully saturated rings. The van der Waals surface area contributed by atoms with Crippen LogP contribution in [0.25, 0.3) is 0 Å². The van der Waals surface area contributed by atoms with E-state index in [2.05, 4.69) is 6.92 Å². The number of hydrogen-bond acceptors (Lipinski definition) is 2. The highest BCUT2D eigenvalue weighted by atomic mass is 16.5. The summed E-state index contributed by atoms with van der Waals surface area (Å²) in [6.07, 6.45) is 2.50. The van der Waals surface area contributed by atoms with Gasteiger partial charge in [-0.1, -0.05) is 19.8 Å². The lowest BCUT2D eigenvalue weighted by atomic mass is 9.97. The van der Waals surface area contributed by atoms with Gasteiger partial charge in [0.25, 0.3) is 0 Å². The van der Waals surface area contributed by atoms with E-state index in [0.717, 1.165) is 12.8 Å². The highest BCUT2D eigenvalue weighted by molar-refractivity contribution is 5.70. The first-order valence-electron chi connectivity index (χ1n) is 4.39. The predicted molar refractivity (Wildman–Crippen MR) is 47.1 cm³/mol. The van der Waals surface area contributed by atoms with Crippen molar-refractivity contribution >= 4 is 5.97 Å². The SMILES string of the molecule is CCCCC(C(=O)O)C(C)OC. The zero-order valence-electron chi connectivity index (χ0n) is 8.04. The van der Waals surface area contributed by atoms with Crippen molar-refractivity contribution in [1.29, 1.82) is 0 Å². The standard InChI is InChI=1S/C9H18O3/c1-4-5-6-8(9(10)11)7(2)12-3/h7-8H,4-6H2,1-3H3,(H,10,11). The first-order chi connectivity index (χ1) is 5.63. The van der Waals surface area contributed by atoms with E-state index in [1.807, 2.05) is 0 Å². The van der Waals surface area contributed by atoms with Crippen LogP contribution in [0, 0.1) is 5.92 Å². The van der Waals surface area contributed by atoms with Crippen LogP contribution in [0.3, 0.4) is 0 Å². The number of hydrogen-bond donors (Lipinski definition) is 1. The van der Waals surface area contributed by atoms with E-state index in [0.29, 0.717) is 6.42 Å². The van der Waals surface area contributed by atoms with Gasteiger partial charge in [-0.2, -0.15) is 0 Å². The van der Waals surface area contributed by atoms with Crippen molar-refractivity contribution in [2.75, 3.05) is 7.11 Å². The van der Waals surface area contributed by atoms with Crippen molar-refractivity contribution in [3.05, 3.63) is 0 Å². The van der Waals surface area contributed by atoms with Crippen LogP contribution in [0.4, 0.5) is 0 Å². The van der Waals surface area contributed by atoms with Gasteiger partial charge < -0.3 is 9.84 Å². The minimum atomic E-state index is -0.752. The highest BCUT2D eigenvalue weighted by Gasteiger charge is 2.23. The first-order valence-corrected chi connectivity index (χ1v) is 4.39. The molecule has 0 saturated heterocycles. The Morgan fingerprint density at radius 3 is 2.50 bits per heavy atom. The third-order valence-corrected chi connectivity index (χ3v) is 2.12. The molecule has 0 aliphatic heterocycles. The van der Waals surface area contributed by atoms with Crippen LogP contribution in [0.1, 0.15) is 33.1 Å². The Labute approximate surface area is 73.7 Å². The number of carboxylic acid groups (broad SMARTS) is 1. The molecule has 0 spiro atoms. The monoisotopic (exact) mass is 174 g/mol. The maximum atomic E-state index is 10.7. The summed E-state index contributed by atoms with van der Waals surface area (Å²) in [5, 5.41) is 8.82. The molecule has 0 aromatic carbocycles. The third kappa shape index (κ3) is 3.72. The third-order valence-electron chi connectivity index (χ3n) is 2.12. The van der Waals surface area contributed by atoms with Crippen LogP contribution in [0.15, 0.2) is 0 Å². The lowest BCUT2D eigenvalue weighted by Gasteiger charge is -2.17. The van der Waals surface area contributed by atoms with Crippen LogP contribution < -0.4 is 0 Å². The molecule has 2 unspecified atom stereocenters. The number of carboxylic acids is 1. The lowest BCUT2D eigenvalue weighted by molar-refractivity contribution is -0.146. The second-order valence-electron chi connectivity index (χ2n) is 3.03. The number of methoxy groups -OCH3 is 1. The van der Waals surface area contributed by atoms with Gasteiger partial charge in [-0.3, -0.25) is 4.79 Å². The van der Waals surface area contributed by atoms with Crippen molar-refractivity contribution in [3.8, 4) is 0 Å². The van der Waals surface area contributed by atoms with Gasteiger partial charge in [0, 0.05) is 7.11 Å². The van der Waals surface area contributed by atoms with E-state index in [9.17, 15) is 4.79 Å². The minimum Gasteiger partial charge on any atom is -0.481 e. The van der Waals surface area contributed by atoms with Crippen LogP contribution in [-0.2, 0) is 9.53 Å². The Balaban J connectivity index is 3.94. The number of aliphatic carboxylic acids is 1. The van der Waals surface area contributed by atoms with Gasteiger partial charge in [0.2, 0.25) is 0 Å². The fraction of sp³-hybridized carbons (Fsp3) is 0.889. The predicted octanol–water partition coefficient (Wildman–Crippen LogP) is 1.91. The van der Waals surface area contributed by atoms with Crippen molar-refractivity contribution < 1.29 is 14.6 Å². The molecule has 3 heteroatoms. The summed E-state index contributed by atoms with van der Waals surface area (Å²) in [6, 6.07) is 0. The normalized spacial score (nSPS) is 15.6. The lowest BCUT2D eigenvalue weighted by Crippen LogP contribution is -2.27. The summed E-state index contributed by atoms with van der Waals surface area (Å²) in [5.74, 6) is -1.10. The average Bonchev–Trinajstić information content (AvgIpc) is 2.04. The molecule has 12 heavy (non-hydrogen) atoms. The maximum Gasteiger partial charge on any atom is 0.309 e. The van der Waals surface area contributed by atoms with Crippen LogP contribution >= 0.6 is 0 Å². The summed E-state index contributed by atoms with van der Waals surface area (Å²) in [6.45, 7) is 3.85. The minimum absolute atomic E-state index is 0.186. The molecule has 0 amide bonds. The highest BCUT2D eigenvalue weighted by Crippen LogP contribution is 2.15. The van der Waals surface area contributed by atoms with Crippen molar-refractivity contribution in [2.24, 2.45) is 5.92 Å². The molecule has 0 rings (SSSR count). The van der Waals surface area contributed by atoms with Gasteiger partial charge >= 0.3 is 5.97 Å². The Kier molecular flexibility index (Phi) is 5.72. The van der Waals surface area contributed by atoms with Crippen LogP contribution in [0.5, 0.6) is 0 Å². The quantitative estimate of drug-likeness (QED) is 0.669. The molecule has 1 N–H and O–H groups in total. The molecule has 72 valence electrons. The van der Waals surface area contributed by atoms with Crippen molar-refractivity contribution in [2.45, 2.75) is 39.2 Å². The number of rotatable bonds is 6. The Morgan fingerprint density at radius 2 is 2.17 bits per heavy atom. The van der Waals surface area contributed by atoms with Gasteiger partial charge in [-0.05, 0) is 13.3 Å². The van der Waals surface area contributed by atoms with E-state index in [1.165, 1.54) is 0 Å². The Hall–Kier alpha value is -0.570. The smallest absolute Gasteiger partial charge is 0.309 e. The van der Waals surface area contributed by atoms with E-state index in [-0.39, 0.29) is 12.0 Å². The molecule has 0 heterocycles. The van der Waals surface area contributed by atoms with Gasteiger partial charge in [0.1, 0.15) is 0 Å². The van der Waals surface area contributed by atoms with Gasteiger partial charge in [0.15, 0.2) is 0 Å². The largest absolute Gasteiger partial charge is 0.481 e. The summed E-state index contributed by atoms with van der Waals surface area (Å²) >= 11 is 0. The van der Waals surface area contributed by atoms with Crippen LogP contribution in [-0.4, -0.2) is 24.3 Å². The first kappa shape index (κ1) is 11.4. The molecule has 0 bridgehead atoms. The molecule has 0 aromatic heterocycles. The van der Waals surface area contributed by atoms with E-state index >= 15 is 0 Å². The average molecular weight is 174 g/mol. The Morgan fingerprint density at radius 1 is 1.58 bits per heavy atom. The summed E-state index contributed by atoms with van der Waals surface area (Å²) < 4.78 is 4.99. The number of unbranched alkanes of at least 4 members (excludes halogenated alkanes) is 1. The molecule has 0 saturated carbocycles. The molecule has 0 aromatic rings. The molecular formula is C9H18O3. The van der Waals surface area contributed by atoms with E-state index in [4.69, 9.17) is 9.84 Å². The summed E-state index contributed by atoms with van der Waals surface area (Å²) in [5.41, 5.74) is 0. The molecular weight excluding hydrogens is 156 g/mol. The zero-order chi connectivity index (χ0) is 9.56. The fourth-order valence-electron chi connectivity index (χ4n) is 1.15. The van der Waals surface area contributed by atoms with Gasteiger partial charge in [-0.25, -0.2) is 0 Å². The van der Waals surface area contributed by atoms with Crippen molar-refractivity contribution in [3.63, 3.8) is 0 Å². The van der Waals surface area contributed by atoms with Crippen molar-refractivity contribution in [1.82, 2.24) is 0 Å². The van der Waals surface area contributed by atoms with Crippen LogP contribution in [0.2, 0.25) is 0 Å². The molecule has 0 radical (unpaired) electrons. The Bertz CT molecular complexity index is 134. The molecule has 2 atom stereocenters. The topological polar surface area (TPSA) is 46.5 Å². The van der Waals surface area contributed by atoms with Gasteiger partial charge in [0.05, 0.1) is 12.0 Å². The second kappa shape index (κ2) is 6.00. The van der Waals surface area contributed by atoms with E-state index in [1.54, 1.807) is 14.0 Å².